The van der Waals surface area contributed by atoms with Crippen molar-refractivity contribution >= 4 is 35.2 Å². The van der Waals surface area contributed by atoms with Crippen LogP contribution in [0.1, 0.15) is 76.0 Å². The number of benzene rings is 1. The van der Waals surface area contributed by atoms with Crippen molar-refractivity contribution < 1.29 is 28.0 Å². The van der Waals surface area contributed by atoms with Crippen LogP contribution in [0, 0.1) is 5.82 Å². The monoisotopic (exact) mass is 502 g/mol. The molecular weight excluding hydrogens is 482 g/mol. The van der Waals surface area contributed by atoms with E-state index in [-0.39, 0.29) is 47.5 Å². The molecule has 11 heteroatoms. The van der Waals surface area contributed by atoms with E-state index in [1.807, 2.05) is 0 Å². The number of carbonyl (C=O) groups excluding carboxylic acids is 4. The number of imide groups is 1. The fourth-order valence-electron chi connectivity index (χ4n) is 5.35. The first-order valence-corrected chi connectivity index (χ1v) is 11.6. The Kier molecular flexibility index (Phi) is 5.58. The van der Waals surface area contributed by atoms with E-state index in [0.29, 0.717) is 12.0 Å². The van der Waals surface area contributed by atoms with E-state index in [9.17, 15) is 23.6 Å². The van der Waals surface area contributed by atoms with Gasteiger partial charge in [0, 0.05) is 17.5 Å². The number of primary amides is 1. The standard InChI is InChI=1S/C24H21ClF2N4O4/c25-15-9-12(26)10-29-19(15)18(24(27)6-1-7-24)20-14-8-11(21(28)33)2-3-13(14)23(35)31(20)16-4-5-17(32)30-22(16)34/h2-3,8-10,16,18,20H,1,4-7H2,(H2,28,33)(H,30,32,34)/t16?,18-,20?/m0/s1. The molecule has 1 saturated heterocycles. The smallest absolute Gasteiger partial charge is 0.255 e. The largest absolute Gasteiger partial charge is 0.366 e. The summed E-state index contributed by atoms with van der Waals surface area (Å²) in [5, 5.41) is 2.12. The second-order valence-corrected chi connectivity index (χ2v) is 9.58. The van der Waals surface area contributed by atoms with Gasteiger partial charge in [-0.3, -0.25) is 29.5 Å². The fraction of sp³-hybridized carbons (Fsp3) is 0.375. The molecule has 35 heavy (non-hydrogen) atoms. The molecule has 3 heterocycles. The molecule has 0 radical (unpaired) electrons. The number of nitrogens with two attached hydrogens (primary N) is 1. The average molecular weight is 503 g/mol. The highest BCUT2D eigenvalue weighted by Gasteiger charge is 2.57. The number of fused-ring (bicyclic) bond motifs is 1. The van der Waals surface area contributed by atoms with Crippen molar-refractivity contribution in [2.75, 3.05) is 0 Å². The van der Waals surface area contributed by atoms with Gasteiger partial charge < -0.3 is 10.6 Å². The van der Waals surface area contributed by atoms with Crippen molar-refractivity contribution in [3.05, 3.63) is 63.7 Å². The van der Waals surface area contributed by atoms with Crippen LogP contribution in [-0.2, 0) is 9.59 Å². The van der Waals surface area contributed by atoms with Crippen LogP contribution >= 0.6 is 11.6 Å². The third-order valence-corrected chi connectivity index (χ3v) is 7.46. The van der Waals surface area contributed by atoms with Crippen molar-refractivity contribution in [1.29, 1.82) is 0 Å². The number of alkyl halides is 1. The predicted molar refractivity (Wildman–Crippen MR) is 120 cm³/mol. The number of piperidine rings is 1. The van der Waals surface area contributed by atoms with Crippen molar-refractivity contribution in [3.8, 4) is 0 Å². The van der Waals surface area contributed by atoms with Crippen LogP contribution in [0.5, 0.6) is 0 Å². The highest BCUT2D eigenvalue weighted by molar-refractivity contribution is 6.31. The molecule has 8 nitrogen and oxygen atoms in total. The van der Waals surface area contributed by atoms with E-state index in [1.54, 1.807) is 0 Å². The molecule has 3 aliphatic rings. The molecule has 3 atom stereocenters. The molecule has 0 spiro atoms. The molecule has 0 bridgehead atoms. The summed E-state index contributed by atoms with van der Waals surface area (Å²) in [4.78, 5) is 55.5. The van der Waals surface area contributed by atoms with Crippen LogP contribution in [0.4, 0.5) is 8.78 Å². The maximum absolute atomic E-state index is 16.4. The fourth-order valence-corrected chi connectivity index (χ4v) is 5.62. The number of aromatic nitrogens is 1. The zero-order chi connectivity index (χ0) is 25.1. The van der Waals surface area contributed by atoms with E-state index < -0.39 is 53.1 Å². The van der Waals surface area contributed by atoms with Crippen molar-refractivity contribution in [2.45, 2.75) is 55.8 Å². The summed E-state index contributed by atoms with van der Waals surface area (Å²) < 4.78 is 30.2. The Morgan fingerprint density at radius 3 is 2.60 bits per heavy atom. The number of rotatable bonds is 5. The lowest BCUT2D eigenvalue weighted by molar-refractivity contribution is -0.138. The Labute approximate surface area is 203 Å². The lowest BCUT2D eigenvalue weighted by Gasteiger charge is -2.47. The van der Waals surface area contributed by atoms with Gasteiger partial charge in [-0.15, -0.1) is 0 Å². The Balaban J connectivity index is 1.73. The first-order chi connectivity index (χ1) is 16.6. The summed E-state index contributed by atoms with van der Waals surface area (Å²) in [6.45, 7) is 0. The molecule has 1 aromatic carbocycles. The summed E-state index contributed by atoms with van der Waals surface area (Å²) in [5.74, 6) is -4.32. The van der Waals surface area contributed by atoms with Crippen LogP contribution in [0.3, 0.4) is 0 Å². The zero-order valence-corrected chi connectivity index (χ0v) is 19.1. The third-order valence-electron chi connectivity index (χ3n) is 7.15. The number of amides is 4. The summed E-state index contributed by atoms with van der Waals surface area (Å²) in [5.41, 5.74) is 4.23. The number of nitrogens with zero attached hydrogens (tertiary/aromatic N) is 2. The van der Waals surface area contributed by atoms with E-state index in [0.717, 1.165) is 12.3 Å². The summed E-state index contributed by atoms with van der Waals surface area (Å²) in [6.07, 6.45) is 1.83. The molecule has 2 aliphatic heterocycles. The van der Waals surface area contributed by atoms with Gasteiger partial charge >= 0.3 is 0 Å². The van der Waals surface area contributed by atoms with Gasteiger partial charge in [-0.2, -0.15) is 0 Å². The molecule has 2 aromatic rings. The van der Waals surface area contributed by atoms with Crippen LogP contribution < -0.4 is 11.1 Å². The lowest BCUT2D eigenvalue weighted by atomic mass is 9.67. The van der Waals surface area contributed by atoms with Gasteiger partial charge in [0.05, 0.1) is 28.9 Å². The Bertz CT molecular complexity index is 1280. The van der Waals surface area contributed by atoms with Crippen LogP contribution in [0.15, 0.2) is 30.5 Å². The van der Waals surface area contributed by atoms with Gasteiger partial charge in [0.15, 0.2) is 0 Å². The van der Waals surface area contributed by atoms with Gasteiger partial charge in [0.1, 0.15) is 17.5 Å². The minimum atomic E-state index is -1.86. The van der Waals surface area contributed by atoms with Gasteiger partial charge in [-0.1, -0.05) is 11.6 Å². The topological polar surface area (TPSA) is 122 Å². The van der Waals surface area contributed by atoms with E-state index >= 15 is 4.39 Å². The molecule has 2 fully saturated rings. The maximum Gasteiger partial charge on any atom is 0.255 e. The molecule has 1 aromatic heterocycles. The summed E-state index contributed by atoms with van der Waals surface area (Å²) >= 11 is 6.35. The van der Waals surface area contributed by atoms with Gasteiger partial charge in [0.2, 0.25) is 17.7 Å². The van der Waals surface area contributed by atoms with Gasteiger partial charge in [0.25, 0.3) is 5.91 Å². The number of halogens is 3. The van der Waals surface area contributed by atoms with E-state index in [1.165, 1.54) is 23.1 Å². The van der Waals surface area contributed by atoms with Crippen molar-refractivity contribution in [3.63, 3.8) is 0 Å². The van der Waals surface area contributed by atoms with Crippen LogP contribution in [0.2, 0.25) is 5.02 Å². The second kappa shape index (κ2) is 8.37. The third kappa shape index (κ3) is 3.76. The number of hydrogen-bond acceptors (Lipinski definition) is 5. The molecule has 5 rings (SSSR count). The quantitative estimate of drug-likeness (QED) is 0.609. The normalized spacial score (nSPS) is 24.0. The Hall–Kier alpha value is -3.40. The second-order valence-electron chi connectivity index (χ2n) is 9.18. The minimum Gasteiger partial charge on any atom is -0.366 e. The Morgan fingerprint density at radius 2 is 2.00 bits per heavy atom. The molecular formula is C24H21ClF2N4O4. The highest BCUT2D eigenvalue weighted by atomic mass is 35.5. The molecule has 4 amide bonds. The number of carbonyl (C=O) groups is 4. The highest BCUT2D eigenvalue weighted by Crippen LogP contribution is 2.57. The first-order valence-electron chi connectivity index (χ1n) is 11.2. The van der Waals surface area contributed by atoms with E-state index in [4.69, 9.17) is 17.3 Å². The van der Waals surface area contributed by atoms with Crippen molar-refractivity contribution in [2.24, 2.45) is 5.73 Å². The van der Waals surface area contributed by atoms with Crippen LogP contribution in [0.25, 0.3) is 0 Å². The zero-order valence-electron chi connectivity index (χ0n) is 18.4. The SMILES string of the molecule is NC(=O)c1ccc2c(c1)C([C@H](c1ncc(F)cc1Cl)C1(F)CCC1)N(C1CCC(=O)NC1=O)C2=O. The predicted octanol–water partition coefficient (Wildman–Crippen LogP) is 2.95. The summed E-state index contributed by atoms with van der Waals surface area (Å²) in [7, 11) is 0. The lowest BCUT2D eigenvalue weighted by Crippen LogP contribution is -2.56. The first kappa shape index (κ1) is 23.3. The molecule has 1 aliphatic carbocycles. The van der Waals surface area contributed by atoms with Gasteiger partial charge in [-0.05, 0) is 55.5 Å². The molecule has 1 saturated carbocycles. The molecule has 2 unspecified atom stereocenters. The number of hydrogen-bond donors (Lipinski definition) is 2. The minimum absolute atomic E-state index is 0.00320. The van der Waals surface area contributed by atoms with Crippen molar-refractivity contribution in [1.82, 2.24) is 15.2 Å². The maximum atomic E-state index is 16.4. The summed E-state index contributed by atoms with van der Waals surface area (Å²) in [6, 6.07) is 3.07. The average Bonchev–Trinajstić information content (AvgIpc) is 3.05. The van der Waals surface area contributed by atoms with E-state index in [2.05, 4.69) is 10.3 Å². The number of nitrogens with one attached hydrogen (secondary N) is 1. The Morgan fingerprint density at radius 1 is 1.26 bits per heavy atom. The molecule has 182 valence electrons. The molecule has 3 N–H and O–H groups in total. The van der Waals surface area contributed by atoms with Crippen LogP contribution in [-0.4, -0.2) is 45.2 Å². The number of pyridine rings is 1. The van der Waals surface area contributed by atoms with Gasteiger partial charge in [-0.25, -0.2) is 8.78 Å².